The smallest absolute Gasteiger partial charge is 0.249 e. The number of benzene rings is 1. The molecule has 0 unspecified atom stereocenters. The summed E-state index contributed by atoms with van der Waals surface area (Å²) in [4.78, 5) is 6.55. The van der Waals surface area contributed by atoms with Gasteiger partial charge in [0.25, 0.3) is 0 Å². The number of hydrogen-bond donors (Lipinski definition) is 1. The molecule has 22 heavy (non-hydrogen) atoms. The molecular formula is C15H17F2N5. The molecule has 1 aliphatic rings. The number of nitrogens with one attached hydrogen (secondary N) is 1. The van der Waals surface area contributed by atoms with Crippen LogP contribution in [-0.4, -0.2) is 28.3 Å². The van der Waals surface area contributed by atoms with Gasteiger partial charge in [-0.05, 0) is 30.9 Å². The lowest BCUT2D eigenvalue weighted by molar-refractivity contribution is 0.436. The Balaban J connectivity index is 1.74. The molecular weight excluding hydrogens is 288 g/mol. The van der Waals surface area contributed by atoms with Gasteiger partial charge < -0.3 is 10.2 Å². The van der Waals surface area contributed by atoms with Gasteiger partial charge in [-0.25, -0.2) is 8.78 Å². The third-order valence-electron chi connectivity index (χ3n) is 3.83. The summed E-state index contributed by atoms with van der Waals surface area (Å²) >= 11 is 0. The van der Waals surface area contributed by atoms with E-state index in [1.807, 2.05) is 0 Å². The van der Waals surface area contributed by atoms with Gasteiger partial charge in [0.15, 0.2) is 17.5 Å². The van der Waals surface area contributed by atoms with Crippen molar-refractivity contribution in [2.24, 2.45) is 5.92 Å². The van der Waals surface area contributed by atoms with Crippen LogP contribution in [0.15, 0.2) is 24.4 Å². The number of rotatable bonds is 3. The van der Waals surface area contributed by atoms with Crippen molar-refractivity contribution in [1.29, 1.82) is 0 Å². The first-order valence-electron chi connectivity index (χ1n) is 7.28. The van der Waals surface area contributed by atoms with E-state index in [9.17, 15) is 8.78 Å². The molecule has 1 fully saturated rings. The fourth-order valence-electron chi connectivity index (χ4n) is 2.44. The fraction of sp³-hybridized carbons (Fsp3) is 0.400. The van der Waals surface area contributed by atoms with Gasteiger partial charge in [0.2, 0.25) is 5.95 Å². The van der Waals surface area contributed by atoms with Crippen LogP contribution in [0.2, 0.25) is 0 Å². The molecule has 0 spiro atoms. The van der Waals surface area contributed by atoms with Crippen LogP contribution < -0.4 is 10.2 Å². The summed E-state index contributed by atoms with van der Waals surface area (Å²) in [5, 5.41) is 10.7. The number of anilines is 3. The predicted molar refractivity (Wildman–Crippen MR) is 80.1 cm³/mol. The Bertz CT molecular complexity index is 656. The van der Waals surface area contributed by atoms with Gasteiger partial charge in [-0.15, -0.1) is 5.10 Å². The number of aromatic nitrogens is 3. The maximum absolute atomic E-state index is 13.2. The first-order chi connectivity index (χ1) is 10.6. The van der Waals surface area contributed by atoms with E-state index < -0.39 is 11.6 Å². The molecule has 3 rings (SSSR count). The van der Waals surface area contributed by atoms with E-state index >= 15 is 0 Å². The molecule has 0 amide bonds. The molecule has 0 bridgehead atoms. The first kappa shape index (κ1) is 14.6. The lowest BCUT2D eigenvalue weighted by Gasteiger charge is -2.30. The zero-order valence-corrected chi connectivity index (χ0v) is 12.3. The molecule has 0 aliphatic carbocycles. The Morgan fingerprint density at radius 1 is 1.18 bits per heavy atom. The van der Waals surface area contributed by atoms with E-state index in [-0.39, 0.29) is 5.95 Å². The molecule has 0 saturated carbocycles. The highest BCUT2D eigenvalue weighted by atomic mass is 19.2. The van der Waals surface area contributed by atoms with Crippen LogP contribution in [-0.2, 0) is 0 Å². The largest absolute Gasteiger partial charge is 0.355 e. The van der Waals surface area contributed by atoms with Crippen molar-refractivity contribution in [3.8, 4) is 0 Å². The molecule has 1 aromatic heterocycles. The molecule has 2 heterocycles. The van der Waals surface area contributed by atoms with E-state index in [2.05, 4.69) is 32.3 Å². The summed E-state index contributed by atoms with van der Waals surface area (Å²) in [6.07, 6.45) is 3.86. The second-order valence-corrected chi connectivity index (χ2v) is 5.56. The Hall–Kier alpha value is -2.31. The Labute approximate surface area is 127 Å². The maximum atomic E-state index is 13.2. The standard InChI is InChI=1S/C15H17F2N5/c1-10-4-6-22(7-5-10)14-9-18-21-15(20-14)19-11-2-3-12(16)13(17)8-11/h2-3,8-10H,4-7H2,1H3,(H,19,20,21). The summed E-state index contributed by atoms with van der Waals surface area (Å²) in [6, 6.07) is 3.55. The molecule has 1 aliphatic heterocycles. The van der Waals surface area contributed by atoms with E-state index in [0.29, 0.717) is 5.69 Å². The quantitative estimate of drug-likeness (QED) is 0.944. The van der Waals surface area contributed by atoms with Crippen molar-refractivity contribution >= 4 is 17.5 Å². The van der Waals surface area contributed by atoms with Gasteiger partial charge in [-0.1, -0.05) is 6.92 Å². The third kappa shape index (κ3) is 3.29. The van der Waals surface area contributed by atoms with E-state index in [1.54, 1.807) is 6.20 Å². The summed E-state index contributed by atoms with van der Waals surface area (Å²) in [6.45, 7) is 4.11. The number of hydrogen-bond acceptors (Lipinski definition) is 5. The minimum absolute atomic E-state index is 0.266. The summed E-state index contributed by atoms with van der Waals surface area (Å²) in [5.74, 6) is -0.0696. The van der Waals surface area contributed by atoms with Crippen LogP contribution in [0, 0.1) is 17.6 Å². The lowest BCUT2D eigenvalue weighted by atomic mass is 9.99. The van der Waals surface area contributed by atoms with E-state index in [4.69, 9.17) is 0 Å². The van der Waals surface area contributed by atoms with Crippen molar-refractivity contribution in [3.63, 3.8) is 0 Å². The van der Waals surface area contributed by atoms with Gasteiger partial charge in [-0.3, -0.25) is 0 Å². The lowest BCUT2D eigenvalue weighted by Crippen LogP contribution is -2.33. The monoisotopic (exact) mass is 305 g/mol. The molecule has 1 aromatic carbocycles. The van der Waals surface area contributed by atoms with Crippen LogP contribution in [0.25, 0.3) is 0 Å². The van der Waals surface area contributed by atoms with Crippen molar-refractivity contribution in [3.05, 3.63) is 36.0 Å². The molecule has 5 nitrogen and oxygen atoms in total. The van der Waals surface area contributed by atoms with Crippen molar-refractivity contribution in [2.45, 2.75) is 19.8 Å². The molecule has 116 valence electrons. The van der Waals surface area contributed by atoms with Gasteiger partial charge in [0, 0.05) is 24.8 Å². The fourth-order valence-corrected chi connectivity index (χ4v) is 2.44. The SMILES string of the molecule is CC1CCN(c2cnnc(Nc3ccc(F)c(F)c3)n2)CC1. The van der Waals surface area contributed by atoms with Crippen molar-refractivity contribution in [2.75, 3.05) is 23.3 Å². The highest BCUT2D eigenvalue weighted by molar-refractivity contribution is 5.54. The van der Waals surface area contributed by atoms with Crippen LogP contribution in [0.3, 0.4) is 0 Å². The van der Waals surface area contributed by atoms with Crippen LogP contribution >= 0.6 is 0 Å². The number of halogens is 2. The topological polar surface area (TPSA) is 53.9 Å². The number of nitrogens with zero attached hydrogens (tertiary/aromatic N) is 4. The zero-order valence-electron chi connectivity index (χ0n) is 12.3. The third-order valence-corrected chi connectivity index (χ3v) is 3.83. The Morgan fingerprint density at radius 2 is 1.95 bits per heavy atom. The minimum atomic E-state index is -0.917. The highest BCUT2D eigenvalue weighted by Gasteiger charge is 2.17. The predicted octanol–water partition coefficient (Wildman–Crippen LogP) is 3.13. The first-order valence-corrected chi connectivity index (χ1v) is 7.28. The average molecular weight is 305 g/mol. The average Bonchev–Trinajstić information content (AvgIpc) is 2.52. The molecule has 0 atom stereocenters. The zero-order chi connectivity index (χ0) is 15.5. The second kappa shape index (κ2) is 6.21. The summed E-state index contributed by atoms with van der Waals surface area (Å²) < 4.78 is 26.1. The van der Waals surface area contributed by atoms with Gasteiger partial charge in [-0.2, -0.15) is 10.1 Å². The number of piperidine rings is 1. The van der Waals surface area contributed by atoms with Gasteiger partial charge in [0.05, 0.1) is 6.20 Å². The molecule has 2 aromatic rings. The van der Waals surface area contributed by atoms with E-state index in [1.165, 1.54) is 6.07 Å². The normalized spacial score (nSPS) is 15.9. The minimum Gasteiger partial charge on any atom is -0.355 e. The van der Waals surface area contributed by atoms with Crippen LogP contribution in [0.1, 0.15) is 19.8 Å². The van der Waals surface area contributed by atoms with Gasteiger partial charge in [0.1, 0.15) is 0 Å². The summed E-state index contributed by atoms with van der Waals surface area (Å²) in [7, 11) is 0. The molecule has 0 radical (unpaired) electrons. The highest BCUT2D eigenvalue weighted by Crippen LogP contribution is 2.22. The molecule has 1 saturated heterocycles. The van der Waals surface area contributed by atoms with Gasteiger partial charge >= 0.3 is 0 Å². The second-order valence-electron chi connectivity index (χ2n) is 5.56. The molecule has 1 N–H and O–H groups in total. The molecule has 7 heteroatoms. The van der Waals surface area contributed by atoms with E-state index in [0.717, 1.165) is 49.8 Å². The maximum Gasteiger partial charge on any atom is 0.249 e. The van der Waals surface area contributed by atoms with Crippen LogP contribution in [0.5, 0.6) is 0 Å². The Morgan fingerprint density at radius 3 is 2.68 bits per heavy atom. The van der Waals surface area contributed by atoms with Crippen LogP contribution in [0.4, 0.5) is 26.2 Å². The van der Waals surface area contributed by atoms with Crippen molar-refractivity contribution < 1.29 is 8.78 Å². The Kier molecular flexibility index (Phi) is 4.13. The summed E-state index contributed by atoms with van der Waals surface area (Å²) in [5.41, 5.74) is 0.380. The van der Waals surface area contributed by atoms with Crippen molar-refractivity contribution in [1.82, 2.24) is 15.2 Å².